The molecule has 1 fully saturated rings. The third kappa shape index (κ3) is 2.65. The van der Waals surface area contributed by atoms with Crippen molar-refractivity contribution in [2.45, 2.75) is 51.6 Å². The predicted octanol–water partition coefficient (Wildman–Crippen LogP) is 3.86. The average molecular weight is 218 g/mol. The normalized spacial score (nSPS) is 18.9. The third-order valence-electron chi connectivity index (χ3n) is 3.71. The summed E-state index contributed by atoms with van der Waals surface area (Å²) in [5.41, 5.74) is 2.48. The quantitative estimate of drug-likeness (QED) is 0.813. The third-order valence-corrected chi connectivity index (χ3v) is 3.71. The Hall–Kier alpha value is -0.820. The second kappa shape index (κ2) is 5.49. The van der Waals surface area contributed by atoms with Gasteiger partial charge in [0.2, 0.25) is 0 Å². The lowest BCUT2D eigenvalue weighted by Crippen LogP contribution is -2.08. The molecule has 0 aromatic heterocycles. The highest BCUT2D eigenvalue weighted by Crippen LogP contribution is 2.35. The summed E-state index contributed by atoms with van der Waals surface area (Å²) in [5.74, 6) is 0.497. The van der Waals surface area contributed by atoms with Crippen LogP contribution in [0.15, 0.2) is 24.3 Å². The first-order valence-corrected chi connectivity index (χ1v) is 6.58. The van der Waals surface area contributed by atoms with Gasteiger partial charge in [-0.05, 0) is 36.3 Å². The van der Waals surface area contributed by atoms with Crippen molar-refractivity contribution >= 4 is 0 Å². The highest BCUT2D eigenvalue weighted by molar-refractivity contribution is 5.24. The molecule has 0 radical (unpaired) electrons. The van der Waals surface area contributed by atoms with Crippen LogP contribution in [0.5, 0.6) is 0 Å². The summed E-state index contributed by atoms with van der Waals surface area (Å²) in [4.78, 5) is 0. The van der Waals surface area contributed by atoms with Crippen molar-refractivity contribution in [3.8, 4) is 0 Å². The molecule has 0 spiro atoms. The molecule has 0 heterocycles. The lowest BCUT2D eigenvalue weighted by molar-refractivity contribution is 0.111. The summed E-state index contributed by atoms with van der Waals surface area (Å²) in [6.45, 7) is 2.20. The van der Waals surface area contributed by atoms with Crippen molar-refractivity contribution in [3.63, 3.8) is 0 Å². The van der Waals surface area contributed by atoms with E-state index < -0.39 is 0 Å². The van der Waals surface area contributed by atoms with Crippen LogP contribution in [0.2, 0.25) is 0 Å². The minimum Gasteiger partial charge on any atom is -0.388 e. The van der Waals surface area contributed by atoms with E-state index in [1.807, 2.05) is 0 Å². The molecular weight excluding hydrogens is 196 g/mol. The molecule has 1 aromatic rings. The SMILES string of the molecule is CCCc1ccc(C(O)C2CCCC2)cc1. The van der Waals surface area contributed by atoms with Gasteiger partial charge in [-0.2, -0.15) is 0 Å². The molecule has 1 aliphatic rings. The maximum Gasteiger partial charge on any atom is 0.0818 e. The maximum absolute atomic E-state index is 10.2. The molecule has 1 saturated carbocycles. The van der Waals surface area contributed by atoms with Gasteiger partial charge in [0.05, 0.1) is 6.10 Å². The Balaban J connectivity index is 2.02. The first kappa shape index (κ1) is 11.7. The van der Waals surface area contributed by atoms with Crippen molar-refractivity contribution in [2.75, 3.05) is 0 Å². The van der Waals surface area contributed by atoms with E-state index in [0.29, 0.717) is 5.92 Å². The average Bonchev–Trinajstić information content (AvgIpc) is 2.83. The van der Waals surface area contributed by atoms with Gasteiger partial charge in [0.1, 0.15) is 0 Å². The Morgan fingerprint density at radius 3 is 2.38 bits per heavy atom. The predicted molar refractivity (Wildman–Crippen MR) is 67.4 cm³/mol. The Morgan fingerprint density at radius 1 is 1.19 bits per heavy atom. The number of hydrogen-bond donors (Lipinski definition) is 1. The molecule has 0 aliphatic heterocycles. The van der Waals surface area contributed by atoms with Crippen LogP contribution in [0.3, 0.4) is 0 Å². The van der Waals surface area contributed by atoms with Crippen molar-refractivity contribution in [2.24, 2.45) is 5.92 Å². The molecule has 1 atom stereocenters. The van der Waals surface area contributed by atoms with Gasteiger partial charge in [0.15, 0.2) is 0 Å². The fourth-order valence-corrected chi connectivity index (χ4v) is 2.72. The van der Waals surface area contributed by atoms with Crippen LogP contribution in [-0.2, 0) is 6.42 Å². The van der Waals surface area contributed by atoms with Gasteiger partial charge in [-0.1, -0.05) is 50.5 Å². The molecule has 1 N–H and O–H groups in total. The molecule has 1 unspecified atom stereocenters. The van der Waals surface area contributed by atoms with E-state index in [0.717, 1.165) is 12.0 Å². The van der Waals surface area contributed by atoms with E-state index >= 15 is 0 Å². The number of aliphatic hydroxyl groups excluding tert-OH is 1. The lowest BCUT2D eigenvalue weighted by Gasteiger charge is -2.18. The Kier molecular flexibility index (Phi) is 4.00. The summed E-state index contributed by atoms with van der Waals surface area (Å²) < 4.78 is 0. The topological polar surface area (TPSA) is 20.2 Å². The largest absolute Gasteiger partial charge is 0.388 e. The first-order valence-electron chi connectivity index (χ1n) is 6.58. The molecule has 1 aromatic carbocycles. The van der Waals surface area contributed by atoms with Gasteiger partial charge in [0.25, 0.3) is 0 Å². The van der Waals surface area contributed by atoms with Gasteiger partial charge < -0.3 is 5.11 Å². The molecular formula is C15H22O. The first-order chi connectivity index (χ1) is 7.81. The zero-order valence-corrected chi connectivity index (χ0v) is 10.2. The highest BCUT2D eigenvalue weighted by Gasteiger charge is 2.24. The van der Waals surface area contributed by atoms with E-state index in [4.69, 9.17) is 0 Å². The minimum absolute atomic E-state index is 0.238. The number of hydrogen-bond acceptors (Lipinski definition) is 1. The fourth-order valence-electron chi connectivity index (χ4n) is 2.72. The second-order valence-corrected chi connectivity index (χ2v) is 4.98. The summed E-state index contributed by atoms with van der Waals surface area (Å²) in [5, 5.41) is 10.2. The Morgan fingerprint density at radius 2 is 1.81 bits per heavy atom. The smallest absolute Gasteiger partial charge is 0.0818 e. The molecule has 0 saturated heterocycles. The standard InChI is InChI=1S/C15H22O/c1-2-5-12-8-10-14(11-9-12)15(16)13-6-3-4-7-13/h8-11,13,15-16H,2-7H2,1H3. The van der Waals surface area contributed by atoms with Crippen LogP contribution in [0, 0.1) is 5.92 Å². The lowest BCUT2D eigenvalue weighted by atomic mass is 9.93. The zero-order valence-electron chi connectivity index (χ0n) is 10.2. The monoisotopic (exact) mass is 218 g/mol. The number of aryl methyl sites for hydroxylation is 1. The van der Waals surface area contributed by atoms with Crippen molar-refractivity contribution in [1.82, 2.24) is 0 Å². The minimum atomic E-state index is -0.238. The fraction of sp³-hybridized carbons (Fsp3) is 0.600. The van der Waals surface area contributed by atoms with Gasteiger partial charge in [-0.15, -0.1) is 0 Å². The van der Waals surface area contributed by atoms with Crippen molar-refractivity contribution in [3.05, 3.63) is 35.4 Å². The van der Waals surface area contributed by atoms with E-state index in [-0.39, 0.29) is 6.10 Å². The Labute approximate surface area is 98.5 Å². The summed E-state index contributed by atoms with van der Waals surface area (Å²) in [7, 11) is 0. The van der Waals surface area contributed by atoms with Crippen LogP contribution in [-0.4, -0.2) is 5.11 Å². The molecule has 2 rings (SSSR count). The second-order valence-electron chi connectivity index (χ2n) is 4.98. The van der Waals surface area contributed by atoms with E-state index in [1.165, 1.54) is 37.7 Å². The molecule has 0 bridgehead atoms. The molecule has 0 amide bonds. The van der Waals surface area contributed by atoms with Gasteiger partial charge in [-0.3, -0.25) is 0 Å². The molecule has 1 nitrogen and oxygen atoms in total. The molecule has 1 heteroatoms. The van der Waals surface area contributed by atoms with Gasteiger partial charge >= 0.3 is 0 Å². The summed E-state index contributed by atoms with van der Waals surface area (Å²) in [6.07, 6.45) is 7.05. The van der Waals surface area contributed by atoms with E-state index in [2.05, 4.69) is 31.2 Å². The van der Waals surface area contributed by atoms with Crippen molar-refractivity contribution in [1.29, 1.82) is 0 Å². The number of rotatable bonds is 4. The van der Waals surface area contributed by atoms with Gasteiger partial charge in [-0.25, -0.2) is 0 Å². The Bertz CT molecular complexity index is 309. The van der Waals surface area contributed by atoms with Crippen LogP contribution in [0.4, 0.5) is 0 Å². The molecule has 16 heavy (non-hydrogen) atoms. The van der Waals surface area contributed by atoms with Crippen molar-refractivity contribution < 1.29 is 5.11 Å². The maximum atomic E-state index is 10.2. The van der Waals surface area contributed by atoms with Crippen LogP contribution in [0.25, 0.3) is 0 Å². The van der Waals surface area contributed by atoms with Crippen LogP contribution in [0.1, 0.15) is 56.3 Å². The van der Waals surface area contributed by atoms with E-state index in [1.54, 1.807) is 0 Å². The van der Waals surface area contributed by atoms with Crippen LogP contribution >= 0.6 is 0 Å². The summed E-state index contributed by atoms with van der Waals surface area (Å²) in [6, 6.07) is 8.54. The number of aliphatic hydroxyl groups is 1. The number of benzene rings is 1. The molecule has 1 aliphatic carbocycles. The zero-order chi connectivity index (χ0) is 11.4. The van der Waals surface area contributed by atoms with Gasteiger partial charge in [0, 0.05) is 0 Å². The molecule has 88 valence electrons. The van der Waals surface area contributed by atoms with Crippen LogP contribution < -0.4 is 0 Å². The highest BCUT2D eigenvalue weighted by atomic mass is 16.3. The van der Waals surface area contributed by atoms with E-state index in [9.17, 15) is 5.11 Å². The summed E-state index contributed by atoms with van der Waals surface area (Å²) >= 11 is 0.